The molecule has 10 nitrogen and oxygen atoms in total. The molecule has 10 heteroatoms. The third-order valence-corrected chi connectivity index (χ3v) is 6.20. The van der Waals surface area contributed by atoms with Crippen LogP contribution in [0.15, 0.2) is 66.4 Å². The van der Waals surface area contributed by atoms with Crippen molar-refractivity contribution in [2.45, 2.75) is 13.8 Å². The number of likely N-dealkylation sites (N-methyl/N-ethyl adjacent to an activating group) is 1. The highest BCUT2D eigenvalue weighted by Gasteiger charge is 2.23. The second-order valence-electron chi connectivity index (χ2n) is 8.52. The van der Waals surface area contributed by atoms with E-state index in [-0.39, 0.29) is 22.7 Å². The maximum Gasteiger partial charge on any atom is 0.272 e. The fourth-order valence-electron chi connectivity index (χ4n) is 4.04. The molecular weight excluding hydrogens is 474 g/mol. The summed E-state index contributed by atoms with van der Waals surface area (Å²) in [4.78, 5) is 57.6. The summed E-state index contributed by atoms with van der Waals surface area (Å²) in [6, 6.07) is 10.6. The van der Waals surface area contributed by atoms with E-state index >= 15 is 0 Å². The Kier molecular flexibility index (Phi) is 6.92. The second kappa shape index (κ2) is 10.1. The van der Waals surface area contributed by atoms with E-state index in [1.54, 1.807) is 31.0 Å². The minimum Gasteiger partial charge on any atom is -0.490 e. The number of nitrogens with one attached hydrogen (secondary N) is 1. The number of nitrogens with zero attached hydrogens (tertiary/aromatic N) is 4. The number of para-hydroxylation sites is 1. The highest BCUT2D eigenvalue weighted by Crippen LogP contribution is 2.37. The predicted molar refractivity (Wildman–Crippen MR) is 141 cm³/mol. The quantitative estimate of drug-likeness (QED) is 0.519. The van der Waals surface area contributed by atoms with Crippen molar-refractivity contribution in [3.05, 3.63) is 71.9 Å². The molecule has 0 atom stereocenters. The Balaban J connectivity index is 1.67. The number of anilines is 1. The van der Waals surface area contributed by atoms with Crippen LogP contribution in [-0.4, -0.2) is 58.9 Å². The number of fused-ring (bicyclic) bond motifs is 2. The Morgan fingerprint density at radius 1 is 1.19 bits per heavy atom. The normalized spacial score (nSPS) is 12.4. The Hall–Kier alpha value is -4.73. The number of amides is 3. The van der Waals surface area contributed by atoms with Crippen molar-refractivity contribution >= 4 is 40.0 Å². The molecule has 1 aliphatic rings. The number of rotatable bonds is 6. The summed E-state index contributed by atoms with van der Waals surface area (Å²) in [7, 11) is 1.58. The monoisotopic (exact) mass is 501 g/mol. The first-order valence-electron chi connectivity index (χ1n) is 11.6. The van der Waals surface area contributed by atoms with Gasteiger partial charge in [0.2, 0.25) is 5.91 Å². The highest BCUT2D eigenvalue weighted by molar-refractivity contribution is 6.15. The molecule has 0 unspecified atom stereocenters. The largest absolute Gasteiger partial charge is 0.490 e. The molecule has 0 fully saturated rings. The van der Waals surface area contributed by atoms with E-state index < -0.39 is 17.4 Å². The van der Waals surface area contributed by atoms with Crippen molar-refractivity contribution in [2.24, 2.45) is 0 Å². The summed E-state index contributed by atoms with van der Waals surface area (Å²) in [6.45, 7) is 11.9. The molecule has 0 radical (unpaired) electrons. The standard InChI is InChI=1S/C27H27N5O5/c1-6-30(5)26(35)16(2)29-25(34)17(3)32-15-28-24-20(8-7-9-21(24)27(32)36)19-10-11-22-23(14-19)37-13-12-31(22)18(4)33/h7-11,14-15H,2-3,6,12-13H2,1,4-5H3,(H,29,34). The van der Waals surface area contributed by atoms with Crippen LogP contribution in [0.4, 0.5) is 5.69 Å². The van der Waals surface area contributed by atoms with E-state index in [1.165, 1.54) is 18.2 Å². The SMILES string of the molecule is C=C(NC(=O)C(=C)n1cnc2c(-c3ccc4c(c3)OCCN4C(C)=O)cccc2c1=O)C(=O)N(C)CC. The van der Waals surface area contributed by atoms with Gasteiger partial charge in [0.15, 0.2) is 0 Å². The van der Waals surface area contributed by atoms with Crippen molar-refractivity contribution in [3.63, 3.8) is 0 Å². The van der Waals surface area contributed by atoms with E-state index in [0.29, 0.717) is 42.2 Å². The van der Waals surface area contributed by atoms with Gasteiger partial charge in [-0.2, -0.15) is 0 Å². The molecule has 190 valence electrons. The Bertz CT molecular complexity index is 1520. The van der Waals surface area contributed by atoms with E-state index in [0.717, 1.165) is 10.1 Å². The van der Waals surface area contributed by atoms with Crippen molar-refractivity contribution in [2.75, 3.05) is 31.6 Å². The lowest BCUT2D eigenvalue weighted by Crippen LogP contribution is -2.37. The topological polar surface area (TPSA) is 114 Å². The van der Waals surface area contributed by atoms with Gasteiger partial charge in [-0.15, -0.1) is 0 Å². The number of hydrogen-bond donors (Lipinski definition) is 1. The Morgan fingerprint density at radius 2 is 1.95 bits per heavy atom. The van der Waals surface area contributed by atoms with Gasteiger partial charge < -0.3 is 19.9 Å². The van der Waals surface area contributed by atoms with E-state index in [1.807, 2.05) is 24.3 Å². The van der Waals surface area contributed by atoms with Crippen molar-refractivity contribution in [3.8, 4) is 16.9 Å². The first kappa shape index (κ1) is 25.4. The number of carbonyl (C=O) groups excluding carboxylic acids is 3. The van der Waals surface area contributed by atoms with Crippen molar-refractivity contribution < 1.29 is 19.1 Å². The molecule has 0 bridgehead atoms. The molecule has 3 aromatic rings. The van der Waals surface area contributed by atoms with Crippen LogP contribution >= 0.6 is 0 Å². The van der Waals surface area contributed by atoms with Gasteiger partial charge in [0, 0.05) is 26.1 Å². The Morgan fingerprint density at radius 3 is 2.65 bits per heavy atom. The highest BCUT2D eigenvalue weighted by atomic mass is 16.5. The average Bonchev–Trinajstić information content (AvgIpc) is 2.90. The lowest BCUT2D eigenvalue weighted by Gasteiger charge is -2.29. The third kappa shape index (κ3) is 4.73. The van der Waals surface area contributed by atoms with Gasteiger partial charge in [0.1, 0.15) is 24.4 Å². The fourth-order valence-corrected chi connectivity index (χ4v) is 4.04. The smallest absolute Gasteiger partial charge is 0.272 e. The molecule has 37 heavy (non-hydrogen) atoms. The van der Waals surface area contributed by atoms with Gasteiger partial charge in [-0.3, -0.25) is 23.7 Å². The molecule has 3 amide bonds. The van der Waals surface area contributed by atoms with Crippen LogP contribution in [0.2, 0.25) is 0 Å². The molecule has 2 heterocycles. The molecular formula is C27H27N5O5. The van der Waals surface area contributed by atoms with Gasteiger partial charge in [0.05, 0.1) is 28.8 Å². The molecule has 4 rings (SSSR count). The Labute approximate surface area is 213 Å². The molecule has 1 aromatic heterocycles. The molecule has 0 spiro atoms. The minimum absolute atomic E-state index is 0.0701. The van der Waals surface area contributed by atoms with Crippen LogP contribution in [0.1, 0.15) is 13.8 Å². The molecule has 0 saturated heterocycles. The molecule has 1 aliphatic heterocycles. The zero-order valence-electron chi connectivity index (χ0n) is 20.9. The number of benzene rings is 2. The fraction of sp³-hybridized carbons (Fsp3) is 0.222. The first-order chi connectivity index (χ1) is 17.6. The van der Waals surface area contributed by atoms with Crippen LogP contribution in [0.25, 0.3) is 27.7 Å². The predicted octanol–water partition coefficient (Wildman–Crippen LogP) is 2.39. The average molecular weight is 502 g/mol. The van der Waals surface area contributed by atoms with Crippen LogP contribution in [-0.2, 0) is 14.4 Å². The lowest BCUT2D eigenvalue weighted by atomic mass is 10.0. The molecule has 0 aliphatic carbocycles. The van der Waals surface area contributed by atoms with Gasteiger partial charge in [-0.25, -0.2) is 4.98 Å². The van der Waals surface area contributed by atoms with Crippen LogP contribution in [0, 0.1) is 0 Å². The van der Waals surface area contributed by atoms with Crippen molar-refractivity contribution in [1.82, 2.24) is 19.8 Å². The first-order valence-corrected chi connectivity index (χ1v) is 11.6. The number of hydrogen-bond acceptors (Lipinski definition) is 6. The summed E-state index contributed by atoms with van der Waals surface area (Å²) in [5, 5.41) is 2.67. The molecule has 2 aromatic carbocycles. The second-order valence-corrected chi connectivity index (χ2v) is 8.52. The zero-order chi connectivity index (χ0) is 26.9. The van der Waals surface area contributed by atoms with E-state index in [4.69, 9.17) is 4.74 Å². The van der Waals surface area contributed by atoms with E-state index in [2.05, 4.69) is 23.5 Å². The summed E-state index contributed by atoms with van der Waals surface area (Å²) >= 11 is 0. The number of carbonyl (C=O) groups is 3. The zero-order valence-corrected chi connectivity index (χ0v) is 20.9. The van der Waals surface area contributed by atoms with Gasteiger partial charge in [0.25, 0.3) is 17.4 Å². The number of ether oxygens (including phenoxy) is 1. The summed E-state index contributed by atoms with van der Waals surface area (Å²) < 4.78 is 6.81. The van der Waals surface area contributed by atoms with Crippen LogP contribution in [0.3, 0.4) is 0 Å². The van der Waals surface area contributed by atoms with Crippen molar-refractivity contribution in [1.29, 1.82) is 0 Å². The molecule has 0 saturated carbocycles. The summed E-state index contributed by atoms with van der Waals surface area (Å²) in [5.74, 6) is -0.695. The lowest BCUT2D eigenvalue weighted by molar-refractivity contribution is -0.127. The summed E-state index contributed by atoms with van der Waals surface area (Å²) in [5.41, 5.74) is 1.73. The van der Waals surface area contributed by atoms with Gasteiger partial charge in [-0.1, -0.05) is 31.4 Å². The van der Waals surface area contributed by atoms with Gasteiger partial charge in [-0.05, 0) is 30.7 Å². The maximum atomic E-state index is 13.3. The van der Waals surface area contributed by atoms with Crippen LogP contribution < -0.4 is 20.5 Å². The van der Waals surface area contributed by atoms with E-state index in [9.17, 15) is 19.2 Å². The van der Waals surface area contributed by atoms with Crippen LogP contribution in [0.5, 0.6) is 5.75 Å². The molecule has 1 N–H and O–H groups in total. The minimum atomic E-state index is -0.746. The maximum absolute atomic E-state index is 13.3. The number of aromatic nitrogens is 2. The third-order valence-electron chi connectivity index (χ3n) is 6.20. The summed E-state index contributed by atoms with van der Waals surface area (Å²) in [6.07, 6.45) is 1.23. The van der Waals surface area contributed by atoms with Gasteiger partial charge >= 0.3 is 0 Å².